The Morgan fingerprint density at radius 2 is 1.64 bits per heavy atom. The lowest BCUT2D eigenvalue weighted by Gasteiger charge is -2.35. The van der Waals surface area contributed by atoms with Gasteiger partial charge >= 0.3 is 0 Å². The summed E-state index contributed by atoms with van der Waals surface area (Å²) in [5.74, 6) is -0.355. The Labute approximate surface area is 443 Å². The third kappa shape index (κ3) is 13.4. The zero-order chi connectivity index (χ0) is 53.6. The number of aromatic nitrogens is 3. The van der Waals surface area contributed by atoms with E-state index in [9.17, 15) is 32.7 Å². The topological polar surface area (TPSA) is 225 Å². The van der Waals surface area contributed by atoms with Crippen LogP contribution >= 0.6 is 22.9 Å². The quantitative estimate of drug-likeness (QED) is 0.0555. The second kappa shape index (κ2) is 23.6. The number of aliphatic hydroxyl groups excluding tert-OH is 1. The largest absolute Gasteiger partial charge is 0.489 e. The number of carbonyl (C=O) groups excluding carboxylic acids is 4. The predicted molar refractivity (Wildman–Crippen MR) is 289 cm³/mol. The van der Waals surface area contributed by atoms with Crippen molar-refractivity contribution in [2.75, 3.05) is 30.3 Å². The van der Waals surface area contributed by atoms with Gasteiger partial charge in [0.25, 0.3) is 0 Å². The van der Waals surface area contributed by atoms with E-state index in [2.05, 4.69) is 36.2 Å². The number of aryl methyl sites for hydroxylation is 2. The van der Waals surface area contributed by atoms with Crippen molar-refractivity contribution in [2.45, 2.75) is 141 Å². The number of carbonyl (C=O) groups is 4. The fraction of sp³-hybridized carbons (Fsp3) is 0.463. The number of β-amino-alcohol motifs (C(OH)–C–C–N with tert-alkyl or cyclic N) is 1. The standard InChI is InChI=1S/C54H68ClN9O8S2/c1-31(2)72-44-26-39(33(5)24-42(44)60-53-57-28-40(55)50(62-53)59-41-12-10-11-13-45(41)74(70,71)32(3)4)36-20-22-63(23-21-36)47(67)19-18-46(66)61-49(54(7,8)9)52(69)64-29-38(65)25-43(64)51(68)56-27-35-14-16-37(17-15-35)48-34(6)58-30-73-48/h10-17,24,26,28,30-32,36,38,43,49,65H,18-23,25,27,29H2,1-9H3,(H,56,68)(H,61,66)(H2,57,59,60,62)/t38-,43+,49?/m1/s1. The summed E-state index contributed by atoms with van der Waals surface area (Å²) in [6, 6.07) is 16.5. The third-order valence-electron chi connectivity index (χ3n) is 13.4. The minimum Gasteiger partial charge on any atom is -0.489 e. The summed E-state index contributed by atoms with van der Waals surface area (Å²) in [5, 5.41) is 22.4. The van der Waals surface area contributed by atoms with Crippen molar-refractivity contribution in [1.82, 2.24) is 35.4 Å². The van der Waals surface area contributed by atoms with Crippen LogP contribution in [0.3, 0.4) is 0 Å². The molecule has 4 amide bonds. The van der Waals surface area contributed by atoms with Gasteiger partial charge in [0.2, 0.25) is 29.6 Å². The second-order valence-electron chi connectivity index (χ2n) is 20.7. The highest BCUT2D eigenvalue weighted by atomic mass is 35.5. The number of para-hydroxylation sites is 1. The molecule has 3 atom stereocenters. The number of rotatable bonds is 18. The molecule has 2 saturated heterocycles. The van der Waals surface area contributed by atoms with Crippen LogP contribution in [-0.4, -0.2) is 111 Å². The summed E-state index contributed by atoms with van der Waals surface area (Å²) in [7, 11) is -3.62. The maximum Gasteiger partial charge on any atom is 0.246 e. The molecule has 0 aliphatic carbocycles. The van der Waals surface area contributed by atoms with Gasteiger partial charge in [0.1, 0.15) is 22.9 Å². The number of thiazole rings is 1. The Morgan fingerprint density at radius 3 is 2.28 bits per heavy atom. The molecular formula is C54H68ClN9O8S2. The fourth-order valence-corrected chi connectivity index (χ4v) is 11.4. The van der Waals surface area contributed by atoms with Crippen molar-refractivity contribution in [1.29, 1.82) is 0 Å². The van der Waals surface area contributed by atoms with E-state index in [0.29, 0.717) is 43.1 Å². The van der Waals surface area contributed by atoms with Gasteiger partial charge in [0.05, 0.1) is 56.0 Å². The molecule has 2 fully saturated rings. The zero-order valence-corrected chi connectivity index (χ0v) is 45.9. The Morgan fingerprint density at radius 1 is 0.932 bits per heavy atom. The van der Waals surface area contributed by atoms with Crippen LogP contribution in [0.25, 0.3) is 10.4 Å². The number of nitrogens with zero attached hydrogens (tertiary/aromatic N) is 5. The van der Waals surface area contributed by atoms with E-state index in [1.807, 2.05) is 84.9 Å². The first kappa shape index (κ1) is 55.6. The molecule has 3 aromatic carbocycles. The van der Waals surface area contributed by atoms with E-state index in [0.717, 1.165) is 32.8 Å². The summed E-state index contributed by atoms with van der Waals surface area (Å²) in [4.78, 5) is 72.6. The van der Waals surface area contributed by atoms with Crippen molar-refractivity contribution in [3.63, 3.8) is 0 Å². The molecule has 4 heterocycles. The summed E-state index contributed by atoms with van der Waals surface area (Å²) in [6.07, 6.45) is 1.63. The number of hydrogen-bond acceptors (Lipinski definition) is 14. The SMILES string of the molecule is Cc1cc(Nc2ncc(Cl)c(Nc3ccccc3S(=O)(=O)C(C)C)n2)c(OC(C)C)cc1C1CCN(C(=O)CCC(=O)NC(C(=O)N2C[C@H](O)C[C@H]2C(=O)NCc2ccc(-c3scnc3C)cc2)C(C)(C)C)CC1. The van der Waals surface area contributed by atoms with Crippen LogP contribution in [0.1, 0.15) is 109 Å². The average Bonchev–Trinajstić information content (AvgIpc) is 3.98. The lowest BCUT2D eigenvalue weighted by Crippen LogP contribution is -2.57. The van der Waals surface area contributed by atoms with Crippen LogP contribution < -0.4 is 26.0 Å². The van der Waals surface area contributed by atoms with Gasteiger partial charge in [-0.2, -0.15) is 4.98 Å². The van der Waals surface area contributed by atoms with Crippen molar-refractivity contribution < 1.29 is 37.4 Å². The van der Waals surface area contributed by atoms with E-state index < -0.39 is 56.4 Å². The molecule has 17 nitrogen and oxygen atoms in total. The average molecular weight is 1070 g/mol. The van der Waals surface area contributed by atoms with E-state index in [4.69, 9.17) is 16.3 Å². The Hall–Kier alpha value is -6.15. The summed E-state index contributed by atoms with van der Waals surface area (Å²) >= 11 is 8.09. The molecule has 2 aromatic heterocycles. The van der Waals surface area contributed by atoms with Gasteiger partial charge in [-0.05, 0) is 112 Å². The van der Waals surface area contributed by atoms with Gasteiger partial charge < -0.3 is 40.9 Å². The molecule has 74 heavy (non-hydrogen) atoms. The molecule has 0 bridgehead atoms. The number of sulfone groups is 1. The Bertz CT molecular complexity index is 2950. The molecule has 0 saturated carbocycles. The number of amides is 4. The maximum atomic E-state index is 14.2. The minimum atomic E-state index is -3.62. The third-order valence-corrected chi connectivity index (χ3v) is 16.8. The van der Waals surface area contributed by atoms with Gasteiger partial charge in [-0.3, -0.25) is 19.2 Å². The number of likely N-dealkylation sites (tertiary alicyclic amines) is 2. The first-order valence-electron chi connectivity index (χ1n) is 25.0. The lowest BCUT2D eigenvalue weighted by molar-refractivity contribution is -0.144. The normalized spacial score (nSPS) is 16.8. The molecular weight excluding hydrogens is 1000 g/mol. The van der Waals surface area contributed by atoms with Crippen molar-refractivity contribution >= 4 is 79.5 Å². The maximum absolute atomic E-state index is 14.2. The smallest absolute Gasteiger partial charge is 0.246 e. The first-order chi connectivity index (χ1) is 35.0. The molecule has 2 aliphatic heterocycles. The van der Waals surface area contributed by atoms with Crippen LogP contribution in [-0.2, 0) is 35.6 Å². The number of nitrogens with one attached hydrogen (secondary N) is 4. The van der Waals surface area contributed by atoms with E-state index in [-0.39, 0.29) is 72.0 Å². The highest BCUT2D eigenvalue weighted by Crippen LogP contribution is 2.39. The van der Waals surface area contributed by atoms with Gasteiger partial charge in [-0.25, -0.2) is 18.4 Å². The number of halogens is 1. The second-order valence-corrected chi connectivity index (χ2v) is 24.4. The van der Waals surface area contributed by atoms with Crippen molar-refractivity contribution in [3.8, 4) is 16.2 Å². The monoisotopic (exact) mass is 1070 g/mol. The number of benzene rings is 3. The van der Waals surface area contributed by atoms with Crippen LogP contribution in [0.15, 0.2) is 77.3 Å². The highest BCUT2D eigenvalue weighted by Gasteiger charge is 2.44. The highest BCUT2D eigenvalue weighted by molar-refractivity contribution is 7.92. The van der Waals surface area contributed by atoms with E-state index in [1.54, 1.807) is 59.9 Å². The van der Waals surface area contributed by atoms with Crippen molar-refractivity contribution in [3.05, 3.63) is 99.8 Å². The summed E-state index contributed by atoms with van der Waals surface area (Å²) in [5.41, 5.74) is 6.95. The molecule has 5 aromatic rings. The molecule has 5 N–H and O–H groups in total. The van der Waals surface area contributed by atoms with Gasteiger partial charge in [0, 0.05) is 45.4 Å². The van der Waals surface area contributed by atoms with E-state index >= 15 is 0 Å². The minimum absolute atomic E-state index is 0.0425. The van der Waals surface area contributed by atoms with Crippen LogP contribution in [0.4, 0.5) is 23.1 Å². The van der Waals surface area contributed by atoms with Crippen LogP contribution in [0.5, 0.6) is 5.75 Å². The number of hydrogen-bond donors (Lipinski definition) is 5. The van der Waals surface area contributed by atoms with Crippen LogP contribution in [0, 0.1) is 19.3 Å². The number of piperidine rings is 1. The Kier molecular flexibility index (Phi) is 17.7. The van der Waals surface area contributed by atoms with Crippen LogP contribution in [0.2, 0.25) is 5.02 Å². The lowest BCUT2D eigenvalue weighted by atomic mass is 9.85. The summed E-state index contributed by atoms with van der Waals surface area (Å²) in [6.45, 7) is 17.7. The molecule has 1 unspecified atom stereocenters. The summed E-state index contributed by atoms with van der Waals surface area (Å²) < 4.78 is 32.6. The predicted octanol–water partition coefficient (Wildman–Crippen LogP) is 8.62. The first-order valence-corrected chi connectivity index (χ1v) is 27.8. The Balaban J connectivity index is 0.933. The molecule has 0 spiro atoms. The van der Waals surface area contributed by atoms with E-state index in [1.165, 1.54) is 11.1 Å². The van der Waals surface area contributed by atoms with Crippen molar-refractivity contribution in [2.24, 2.45) is 5.41 Å². The molecule has 7 rings (SSSR count). The number of aliphatic hydroxyl groups is 1. The fourth-order valence-electron chi connectivity index (χ4n) is 9.26. The van der Waals surface area contributed by atoms with Gasteiger partial charge in [-0.15, -0.1) is 11.3 Å². The zero-order valence-electron chi connectivity index (χ0n) is 43.5. The molecule has 0 radical (unpaired) electrons. The molecule has 396 valence electrons. The molecule has 20 heteroatoms. The van der Waals surface area contributed by atoms with Gasteiger partial charge in [-0.1, -0.05) is 68.8 Å². The van der Waals surface area contributed by atoms with Gasteiger partial charge in [0.15, 0.2) is 15.7 Å². The molecule has 2 aliphatic rings. The number of ether oxygens (including phenoxy) is 1. The number of anilines is 4.